The van der Waals surface area contributed by atoms with Gasteiger partial charge in [0.2, 0.25) is 5.91 Å². The van der Waals surface area contributed by atoms with Crippen molar-refractivity contribution in [1.82, 2.24) is 15.3 Å². The van der Waals surface area contributed by atoms with E-state index in [9.17, 15) is 4.79 Å². The minimum Gasteiger partial charge on any atom is -0.493 e. The Labute approximate surface area is 210 Å². The highest BCUT2D eigenvalue weighted by Gasteiger charge is 2.12. The molecule has 0 aliphatic rings. The van der Waals surface area contributed by atoms with Gasteiger partial charge in [0.25, 0.3) is 0 Å². The molecule has 0 radical (unpaired) electrons. The summed E-state index contributed by atoms with van der Waals surface area (Å²) in [4.78, 5) is 19.3. The van der Waals surface area contributed by atoms with Crippen LogP contribution in [-0.4, -0.2) is 49.9 Å². The average molecular weight is 496 g/mol. The van der Waals surface area contributed by atoms with E-state index < -0.39 is 0 Å². The zero-order valence-electron chi connectivity index (χ0n) is 20.9. The summed E-state index contributed by atoms with van der Waals surface area (Å²) in [5.74, 6) is 1.80. The van der Waals surface area contributed by atoms with Gasteiger partial charge in [0.15, 0.2) is 11.5 Å². The number of aryl methyl sites for hydroxylation is 2. The Hall–Kier alpha value is -2.25. The fourth-order valence-corrected chi connectivity index (χ4v) is 3.73. The van der Waals surface area contributed by atoms with Gasteiger partial charge in [-0.15, -0.1) is 12.4 Å². The molecule has 0 spiro atoms. The Morgan fingerprint density at radius 1 is 1.03 bits per heavy atom. The van der Waals surface area contributed by atoms with Crippen LogP contribution in [-0.2, 0) is 22.4 Å². The minimum absolute atomic E-state index is 0. The predicted molar refractivity (Wildman–Crippen MR) is 138 cm³/mol. The largest absolute Gasteiger partial charge is 0.493 e. The third-order valence-electron chi connectivity index (χ3n) is 5.76. The molecule has 192 valence electrons. The Bertz CT molecular complexity index is 786. The lowest BCUT2D eigenvalue weighted by Gasteiger charge is -2.13. The van der Waals surface area contributed by atoms with Crippen LogP contribution in [0.1, 0.15) is 63.1 Å². The second-order valence-corrected chi connectivity index (χ2v) is 8.51. The highest BCUT2D eigenvalue weighted by molar-refractivity contribution is 5.85. The predicted octanol–water partition coefficient (Wildman–Crippen LogP) is 5.13. The van der Waals surface area contributed by atoms with Gasteiger partial charge in [-0.2, -0.15) is 0 Å². The second kappa shape index (κ2) is 18.1. The molecule has 1 atom stereocenters. The number of H-pyrrole nitrogens is 1. The van der Waals surface area contributed by atoms with Crippen molar-refractivity contribution in [2.45, 2.75) is 64.7 Å². The first kappa shape index (κ1) is 29.8. The van der Waals surface area contributed by atoms with Crippen LogP contribution < -0.4 is 14.8 Å². The van der Waals surface area contributed by atoms with E-state index in [1.54, 1.807) is 20.5 Å². The standard InChI is InChI=1S/C26H41N3O4.ClH/c1-21(26(30)28-15-8-12-23-19-27-20-29-23)10-6-4-5-7-11-22-13-14-24(32-3)25(18-22)33-17-9-16-31-2;/h13-14,18-21H,4-12,15-17H2,1-3H3,(H,27,29)(H,28,30);1H/t21-;/m1./s1. The van der Waals surface area contributed by atoms with Crippen LogP contribution in [0.3, 0.4) is 0 Å². The van der Waals surface area contributed by atoms with Crippen molar-refractivity contribution in [3.8, 4) is 11.5 Å². The molecule has 0 unspecified atom stereocenters. The van der Waals surface area contributed by atoms with E-state index in [1.165, 1.54) is 5.56 Å². The molecule has 2 aromatic rings. The van der Waals surface area contributed by atoms with Gasteiger partial charge >= 0.3 is 0 Å². The van der Waals surface area contributed by atoms with Crippen LogP contribution in [0, 0.1) is 5.92 Å². The fraction of sp³-hybridized carbons (Fsp3) is 0.615. The molecule has 0 saturated heterocycles. The molecule has 1 amide bonds. The fourth-order valence-electron chi connectivity index (χ4n) is 3.73. The van der Waals surface area contributed by atoms with Crippen molar-refractivity contribution >= 4 is 18.3 Å². The first-order valence-electron chi connectivity index (χ1n) is 12.2. The number of nitrogens with one attached hydrogen (secondary N) is 2. The average Bonchev–Trinajstić information content (AvgIpc) is 3.35. The summed E-state index contributed by atoms with van der Waals surface area (Å²) in [6.45, 7) is 4.04. The van der Waals surface area contributed by atoms with E-state index in [2.05, 4.69) is 27.4 Å². The Morgan fingerprint density at radius 3 is 2.59 bits per heavy atom. The van der Waals surface area contributed by atoms with E-state index in [1.807, 2.05) is 19.2 Å². The highest BCUT2D eigenvalue weighted by Crippen LogP contribution is 2.29. The van der Waals surface area contributed by atoms with Crippen molar-refractivity contribution in [3.05, 3.63) is 42.0 Å². The third-order valence-corrected chi connectivity index (χ3v) is 5.76. The Balaban J connectivity index is 0.00000578. The van der Waals surface area contributed by atoms with Gasteiger partial charge in [0.1, 0.15) is 0 Å². The van der Waals surface area contributed by atoms with Crippen LogP contribution in [0.5, 0.6) is 11.5 Å². The van der Waals surface area contributed by atoms with Gasteiger partial charge in [-0.25, -0.2) is 4.98 Å². The van der Waals surface area contributed by atoms with Crippen LogP contribution >= 0.6 is 12.4 Å². The number of nitrogens with zero attached hydrogens (tertiary/aromatic N) is 1. The number of benzene rings is 1. The maximum atomic E-state index is 12.2. The van der Waals surface area contributed by atoms with Gasteiger partial charge in [-0.05, 0) is 49.8 Å². The van der Waals surface area contributed by atoms with Crippen molar-refractivity contribution in [2.75, 3.05) is 34.0 Å². The number of carbonyl (C=O) groups is 1. The number of rotatable bonds is 18. The maximum Gasteiger partial charge on any atom is 0.222 e. The second-order valence-electron chi connectivity index (χ2n) is 8.51. The summed E-state index contributed by atoms with van der Waals surface area (Å²) in [7, 11) is 3.36. The van der Waals surface area contributed by atoms with Crippen LogP contribution in [0.25, 0.3) is 0 Å². The van der Waals surface area contributed by atoms with Gasteiger partial charge in [-0.3, -0.25) is 4.79 Å². The molecule has 2 rings (SSSR count). The number of methoxy groups -OCH3 is 2. The lowest BCUT2D eigenvalue weighted by Crippen LogP contribution is -2.30. The molecule has 0 saturated carbocycles. The molecule has 2 N–H and O–H groups in total. The summed E-state index contributed by atoms with van der Waals surface area (Å²) in [6, 6.07) is 6.18. The van der Waals surface area contributed by atoms with E-state index in [-0.39, 0.29) is 24.2 Å². The van der Waals surface area contributed by atoms with Crippen LogP contribution in [0.4, 0.5) is 0 Å². The topological polar surface area (TPSA) is 85.5 Å². The maximum absolute atomic E-state index is 12.2. The number of aromatic nitrogens is 2. The SMILES string of the molecule is COCCCOc1cc(CCCCCC[C@@H](C)C(=O)NCCCc2cnc[nH]2)ccc1OC.Cl. The molecule has 0 fully saturated rings. The van der Waals surface area contributed by atoms with E-state index in [0.29, 0.717) is 19.8 Å². The zero-order valence-corrected chi connectivity index (χ0v) is 21.8. The van der Waals surface area contributed by atoms with Crippen molar-refractivity contribution in [1.29, 1.82) is 0 Å². The first-order chi connectivity index (χ1) is 16.1. The number of aromatic amines is 1. The molecule has 0 bridgehead atoms. The van der Waals surface area contributed by atoms with Crippen LogP contribution in [0.15, 0.2) is 30.7 Å². The minimum atomic E-state index is 0. The number of ether oxygens (including phenoxy) is 3. The monoisotopic (exact) mass is 495 g/mol. The van der Waals surface area contributed by atoms with E-state index in [0.717, 1.165) is 75.0 Å². The first-order valence-corrected chi connectivity index (χ1v) is 12.2. The highest BCUT2D eigenvalue weighted by atomic mass is 35.5. The molecule has 1 heterocycles. The number of amides is 1. The van der Waals surface area contributed by atoms with Crippen molar-refractivity contribution < 1.29 is 19.0 Å². The summed E-state index contributed by atoms with van der Waals surface area (Å²) < 4.78 is 16.4. The molecule has 0 aliphatic carbocycles. The number of unbranched alkanes of at least 4 members (excludes halogenated alkanes) is 3. The zero-order chi connectivity index (χ0) is 23.7. The quantitative estimate of drug-likeness (QED) is 0.280. The Kier molecular flexibility index (Phi) is 15.9. The van der Waals surface area contributed by atoms with Gasteiger partial charge in [-0.1, -0.05) is 32.3 Å². The van der Waals surface area contributed by atoms with Crippen LogP contribution in [0.2, 0.25) is 0 Å². The van der Waals surface area contributed by atoms with Crippen molar-refractivity contribution in [2.24, 2.45) is 5.92 Å². The summed E-state index contributed by atoms with van der Waals surface area (Å²) in [5, 5.41) is 3.05. The number of hydrogen-bond acceptors (Lipinski definition) is 5. The van der Waals surface area contributed by atoms with Crippen molar-refractivity contribution in [3.63, 3.8) is 0 Å². The third kappa shape index (κ3) is 11.7. The van der Waals surface area contributed by atoms with Gasteiger partial charge in [0.05, 0.1) is 20.0 Å². The number of halogens is 1. The molecule has 34 heavy (non-hydrogen) atoms. The summed E-state index contributed by atoms with van der Waals surface area (Å²) in [6.07, 6.45) is 12.7. The molecule has 1 aromatic heterocycles. The van der Waals surface area contributed by atoms with Gasteiger partial charge < -0.3 is 24.5 Å². The summed E-state index contributed by atoms with van der Waals surface area (Å²) >= 11 is 0. The van der Waals surface area contributed by atoms with Gasteiger partial charge in [0, 0.05) is 44.5 Å². The Morgan fingerprint density at radius 2 is 1.85 bits per heavy atom. The number of imidazole rings is 1. The molecular formula is C26H42ClN3O4. The van der Waals surface area contributed by atoms with E-state index in [4.69, 9.17) is 14.2 Å². The molecule has 0 aliphatic heterocycles. The molecular weight excluding hydrogens is 454 g/mol. The number of hydrogen-bond donors (Lipinski definition) is 2. The number of carbonyl (C=O) groups excluding carboxylic acids is 1. The van der Waals surface area contributed by atoms with E-state index >= 15 is 0 Å². The molecule has 1 aromatic carbocycles. The normalized spacial score (nSPS) is 11.5. The molecule has 8 heteroatoms. The summed E-state index contributed by atoms with van der Waals surface area (Å²) in [5.41, 5.74) is 2.37. The lowest BCUT2D eigenvalue weighted by atomic mass is 10.00. The lowest BCUT2D eigenvalue weighted by molar-refractivity contribution is -0.124. The smallest absolute Gasteiger partial charge is 0.222 e. The molecule has 7 nitrogen and oxygen atoms in total.